The van der Waals surface area contributed by atoms with Gasteiger partial charge in [0.05, 0.1) is 11.1 Å². The Morgan fingerprint density at radius 1 is 1.19 bits per heavy atom. The van der Waals surface area contributed by atoms with E-state index in [1.54, 1.807) is 0 Å². The lowest BCUT2D eigenvalue weighted by atomic mass is 9.87. The second kappa shape index (κ2) is 5.95. The Hall–Kier alpha value is -1.73. The first kappa shape index (κ1) is 14.2. The third-order valence-corrected chi connectivity index (χ3v) is 4.56. The van der Waals surface area contributed by atoms with Crippen molar-refractivity contribution in [1.29, 1.82) is 0 Å². The molecule has 0 bridgehead atoms. The van der Waals surface area contributed by atoms with Gasteiger partial charge in [0.1, 0.15) is 0 Å². The van der Waals surface area contributed by atoms with Crippen LogP contribution in [-0.2, 0) is 6.42 Å². The number of benzene rings is 2. The van der Waals surface area contributed by atoms with E-state index in [4.69, 9.17) is 11.6 Å². The summed E-state index contributed by atoms with van der Waals surface area (Å²) in [5, 5.41) is 4.35. The van der Waals surface area contributed by atoms with Crippen LogP contribution in [-0.4, -0.2) is 0 Å². The fraction of sp³-hybridized carbons (Fsp3) is 0.263. The quantitative estimate of drug-likeness (QED) is 0.812. The van der Waals surface area contributed by atoms with Crippen LogP contribution in [0.5, 0.6) is 0 Å². The van der Waals surface area contributed by atoms with Crippen molar-refractivity contribution in [3.05, 3.63) is 76.3 Å². The molecule has 0 fully saturated rings. The van der Waals surface area contributed by atoms with Gasteiger partial charge in [0, 0.05) is 11.3 Å². The highest BCUT2D eigenvalue weighted by molar-refractivity contribution is 6.32. The Balaban J connectivity index is 1.86. The molecule has 0 saturated heterocycles. The lowest BCUT2D eigenvalue weighted by Gasteiger charge is -2.28. The molecule has 2 aromatic rings. The second-order valence-corrected chi connectivity index (χ2v) is 6.11. The van der Waals surface area contributed by atoms with E-state index in [1.807, 2.05) is 12.1 Å². The van der Waals surface area contributed by atoms with Gasteiger partial charge in [0.25, 0.3) is 0 Å². The number of nitrogens with one attached hydrogen (secondary N) is 1. The normalized spacial score (nSPS) is 17.1. The molecule has 1 atom stereocenters. The number of hydrogen-bond acceptors (Lipinski definition) is 1. The van der Waals surface area contributed by atoms with Crippen LogP contribution in [0.4, 0.5) is 0 Å². The van der Waals surface area contributed by atoms with Gasteiger partial charge < -0.3 is 5.32 Å². The summed E-state index contributed by atoms with van der Waals surface area (Å²) in [6.45, 7) is 6.29. The molecule has 1 aliphatic carbocycles. The monoisotopic (exact) mass is 297 g/mol. The van der Waals surface area contributed by atoms with Crippen molar-refractivity contribution in [2.24, 2.45) is 0 Å². The number of hydrogen-bond donors (Lipinski definition) is 1. The third-order valence-electron chi connectivity index (χ3n) is 4.24. The second-order valence-electron chi connectivity index (χ2n) is 5.70. The van der Waals surface area contributed by atoms with Gasteiger partial charge in [-0.2, -0.15) is 0 Å². The van der Waals surface area contributed by atoms with Crippen LogP contribution in [0.15, 0.2) is 49.0 Å². The smallest absolute Gasteiger partial charge is 0.0516 e. The standard InChI is InChI=1S/C19H20ClN/c1-13-7-5-11-17(20)19(13)14(2)21-18-12-6-9-15-8-3-4-10-16(15)18/h3-5,7-8,10-11,18,21H,2,6,9,12H2,1H3. The summed E-state index contributed by atoms with van der Waals surface area (Å²) in [5.74, 6) is 0. The van der Waals surface area contributed by atoms with E-state index < -0.39 is 0 Å². The van der Waals surface area contributed by atoms with E-state index in [0.717, 1.165) is 28.3 Å². The summed E-state index contributed by atoms with van der Waals surface area (Å²) in [4.78, 5) is 0. The van der Waals surface area contributed by atoms with E-state index in [9.17, 15) is 0 Å². The molecule has 108 valence electrons. The topological polar surface area (TPSA) is 12.0 Å². The molecule has 0 radical (unpaired) electrons. The molecule has 0 aromatic heterocycles. The Morgan fingerprint density at radius 2 is 2.00 bits per heavy atom. The van der Waals surface area contributed by atoms with Gasteiger partial charge in [-0.1, -0.05) is 54.6 Å². The predicted molar refractivity (Wildman–Crippen MR) is 90.5 cm³/mol. The number of aryl methyl sites for hydroxylation is 2. The Morgan fingerprint density at radius 3 is 2.81 bits per heavy atom. The van der Waals surface area contributed by atoms with Crippen molar-refractivity contribution < 1.29 is 0 Å². The molecule has 1 N–H and O–H groups in total. The molecule has 0 aliphatic heterocycles. The Kier molecular flexibility index (Phi) is 4.03. The molecule has 0 saturated carbocycles. The van der Waals surface area contributed by atoms with Crippen molar-refractivity contribution in [3.8, 4) is 0 Å². The van der Waals surface area contributed by atoms with E-state index >= 15 is 0 Å². The first-order valence-electron chi connectivity index (χ1n) is 7.45. The molecule has 21 heavy (non-hydrogen) atoms. The fourth-order valence-electron chi connectivity index (χ4n) is 3.20. The van der Waals surface area contributed by atoms with Crippen molar-refractivity contribution in [3.63, 3.8) is 0 Å². The maximum absolute atomic E-state index is 6.34. The lowest BCUT2D eigenvalue weighted by molar-refractivity contribution is 0.520. The number of halogens is 1. The summed E-state index contributed by atoms with van der Waals surface area (Å²) in [7, 11) is 0. The highest BCUT2D eigenvalue weighted by Crippen LogP contribution is 2.33. The van der Waals surface area contributed by atoms with E-state index in [1.165, 1.54) is 24.0 Å². The van der Waals surface area contributed by atoms with Crippen LogP contribution in [0.25, 0.3) is 5.70 Å². The van der Waals surface area contributed by atoms with Gasteiger partial charge in [0.2, 0.25) is 0 Å². The minimum absolute atomic E-state index is 0.332. The van der Waals surface area contributed by atoms with E-state index in [0.29, 0.717) is 6.04 Å². The summed E-state index contributed by atoms with van der Waals surface area (Å²) < 4.78 is 0. The van der Waals surface area contributed by atoms with E-state index in [2.05, 4.69) is 49.2 Å². The zero-order chi connectivity index (χ0) is 14.8. The molecular formula is C19H20ClN. The number of fused-ring (bicyclic) bond motifs is 1. The maximum Gasteiger partial charge on any atom is 0.0516 e. The lowest BCUT2D eigenvalue weighted by Crippen LogP contribution is -2.24. The molecule has 0 spiro atoms. The van der Waals surface area contributed by atoms with Gasteiger partial charge in [-0.3, -0.25) is 0 Å². The van der Waals surface area contributed by atoms with E-state index in [-0.39, 0.29) is 0 Å². The molecule has 3 rings (SSSR count). The summed E-state index contributed by atoms with van der Waals surface area (Å²) >= 11 is 6.34. The van der Waals surface area contributed by atoms with Crippen LogP contribution in [0, 0.1) is 6.92 Å². The Bertz CT molecular complexity index is 655. The zero-order valence-electron chi connectivity index (χ0n) is 12.3. The fourth-order valence-corrected chi connectivity index (χ4v) is 3.54. The van der Waals surface area contributed by atoms with Crippen LogP contribution >= 0.6 is 11.6 Å². The van der Waals surface area contributed by atoms with Crippen molar-refractivity contribution in [2.75, 3.05) is 0 Å². The van der Waals surface area contributed by atoms with Crippen LogP contribution in [0.3, 0.4) is 0 Å². The van der Waals surface area contributed by atoms with Gasteiger partial charge in [0.15, 0.2) is 0 Å². The van der Waals surface area contributed by atoms with Crippen LogP contribution in [0.1, 0.15) is 41.1 Å². The van der Waals surface area contributed by atoms with Gasteiger partial charge in [-0.15, -0.1) is 0 Å². The zero-order valence-corrected chi connectivity index (χ0v) is 13.1. The van der Waals surface area contributed by atoms with Crippen molar-refractivity contribution in [2.45, 2.75) is 32.2 Å². The maximum atomic E-state index is 6.34. The minimum atomic E-state index is 0.332. The molecule has 2 aromatic carbocycles. The van der Waals surface area contributed by atoms with Crippen LogP contribution < -0.4 is 5.32 Å². The number of rotatable bonds is 3. The average Bonchev–Trinajstić information content (AvgIpc) is 2.47. The first-order chi connectivity index (χ1) is 10.2. The van der Waals surface area contributed by atoms with Crippen LogP contribution in [0.2, 0.25) is 5.02 Å². The Labute approximate surface area is 131 Å². The SMILES string of the molecule is C=C(NC1CCCc2ccccc21)c1c(C)cccc1Cl. The van der Waals surface area contributed by atoms with Crippen molar-refractivity contribution >= 4 is 17.3 Å². The first-order valence-corrected chi connectivity index (χ1v) is 7.83. The molecule has 0 amide bonds. The van der Waals surface area contributed by atoms with Gasteiger partial charge in [-0.05, 0) is 48.9 Å². The molecular weight excluding hydrogens is 278 g/mol. The summed E-state index contributed by atoms with van der Waals surface area (Å²) in [6, 6.07) is 15.0. The van der Waals surface area contributed by atoms with Gasteiger partial charge in [-0.25, -0.2) is 0 Å². The summed E-state index contributed by atoms with van der Waals surface area (Å²) in [5.41, 5.74) is 5.95. The molecule has 0 heterocycles. The van der Waals surface area contributed by atoms with Gasteiger partial charge >= 0.3 is 0 Å². The summed E-state index contributed by atoms with van der Waals surface area (Å²) in [6.07, 6.45) is 3.52. The minimum Gasteiger partial charge on any atom is -0.378 e. The highest BCUT2D eigenvalue weighted by Gasteiger charge is 2.20. The molecule has 2 heteroatoms. The third kappa shape index (κ3) is 2.84. The predicted octanol–water partition coefficient (Wildman–Crippen LogP) is 5.29. The molecule has 1 nitrogen and oxygen atoms in total. The largest absolute Gasteiger partial charge is 0.378 e. The molecule has 1 aliphatic rings. The highest BCUT2D eigenvalue weighted by atomic mass is 35.5. The van der Waals surface area contributed by atoms with Crippen molar-refractivity contribution in [1.82, 2.24) is 5.32 Å². The molecule has 1 unspecified atom stereocenters. The average molecular weight is 298 g/mol.